The Morgan fingerprint density at radius 2 is 1.62 bits per heavy atom. The molecule has 4 rings (SSSR count). The molecule has 0 radical (unpaired) electrons. The van der Waals surface area contributed by atoms with E-state index in [1.54, 1.807) is 0 Å². The Kier molecular flexibility index (Phi) is 4.07. The molecule has 24 heavy (non-hydrogen) atoms. The van der Waals surface area contributed by atoms with Crippen molar-refractivity contribution in [2.45, 2.75) is 24.8 Å². The van der Waals surface area contributed by atoms with Gasteiger partial charge >= 0.3 is 0 Å². The molecule has 2 aliphatic rings. The van der Waals surface area contributed by atoms with E-state index < -0.39 is 0 Å². The molecule has 1 saturated heterocycles. The third kappa shape index (κ3) is 2.94. The highest BCUT2D eigenvalue weighted by Crippen LogP contribution is 2.49. The fourth-order valence-electron chi connectivity index (χ4n) is 3.67. The first-order chi connectivity index (χ1) is 11.8. The summed E-state index contributed by atoms with van der Waals surface area (Å²) in [6, 6.07) is 14.4. The maximum absolute atomic E-state index is 13.0. The predicted octanol–water partition coefficient (Wildman–Crippen LogP) is 2.46. The van der Waals surface area contributed by atoms with Gasteiger partial charge in [0.2, 0.25) is 5.91 Å². The Bertz CT molecular complexity index is 689. The van der Waals surface area contributed by atoms with E-state index in [0.717, 1.165) is 45.6 Å². The van der Waals surface area contributed by atoms with Crippen LogP contribution in [-0.2, 0) is 16.8 Å². The highest BCUT2D eigenvalue weighted by molar-refractivity contribution is 5.91. The fraction of sp³-hybridized carbons (Fsp3) is 0.400. The van der Waals surface area contributed by atoms with Crippen LogP contribution in [0.25, 0.3) is 0 Å². The summed E-state index contributed by atoms with van der Waals surface area (Å²) in [5.41, 5.74) is 2.25. The van der Waals surface area contributed by atoms with Crippen molar-refractivity contribution >= 4 is 5.91 Å². The van der Waals surface area contributed by atoms with Crippen molar-refractivity contribution in [1.82, 2.24) is 14.8 Å². The lowest BCUT2D eigenvalue weighted by Crippen LogP contribution is -2.51. The topological polar surface area (TPSA) is 36.4 Å². The molecule has 0 atom stereocenters. The zero-order chi connectivity index (χ0) is 16.4. The predicted molar refractivity (Wildman–Crippen MR) is 93.4 cm³/mol. The van der Waals surface area contributed by atoms with Crippen LogP contribution in [0.4, 0.5) is 0 Å². The van der Waals surface area contributed by atoms with Crippen LogP contribution in [0.3, 0.4) is 0 Å². The molecule has 2 aromatic rings. The molecule has 1 aromatic carbocycles. The quantitative estimate of drug-likeness (QED) is 0.868. The van der Waals surface area contributed by atoms with Crippen molar-refractivity contribution in [2.24, 2.45) is 0 Å². The molecular weight excluding hydrogens is 298 g/mol. The normalized spacial score (nSPS) is 19.9. The van der Waals surface area contributed by atoms with Gasteiger partial charge in [0.1, 0.15) is 0 Å². The molecule has 0 bridgehead atoms. The number of rotatable bonds is 4. The van der Waals surface area contributed by atoms with E-state index in [-0.39, 0.29) is 5.41 Å². The van der Waals surface area contributed by atoms with Crippen LogP contribution in [0.5, 0.6) is 0 Å². The molecule has 0 spiro atoms. The number of aromatic nitrogens is 1. The molecular formula is C20H23N3O. The SMILES string of the molecule is O=C(N1CCN(Cc2ccncc2)CC1)C1(c2ccccc2)CC1. The van der Waals surface area contributed by atoms with Gasteiger partial charge in [-0.2, -0.15) is 0 Å². The number of carbonyl (C=O) groups excluding carboxylic acids is 1. The van der Waals surface area contributed by atoms with E-state index in [4.69, 9.17) is 0 Å². The average Bonchev–Trinajstić information content (AvgIpc) is 3.45. The van der Waals surface area contributed by atoms with Crippen LogP contribution in [0.1, 0.15) is 24.0 Å². The highest BCUT2D eigenvalue weighted by atomic mass is 16.2. The molecule has 1 saturated carbocycles. The van der Waals surface area contributed by atoms with Crippen LogP contribution in [0.15, 0.2) is 54.9 Å². The molecule has 0 unspecified atom stereocenters. The summed E-state index contributed by atoms with van der Waals surface area (Å²) >= 11 is 0. The molecule has 1 amide bonds. The van der Waals surface area contributed by atoms with Gasteiger partial charge in [-0.1, -0.05) is 30.3 Å². The van der Waals surface area contributed by atoms with Crippen LogP contribution in [0, 0.1) is 0 Å². The second-order valence-electron chi connectivity index (χ2n) is 6.87. The van der Waals surface area contributed by atoms with Crippen molar-refractivity contribution < 1.29 is 4.79 Å². The molecule has 2 fully saturated rings. The summed E-state index contributed by atoms with van der Waals surface area (Å²) in [4.78, 5) is 21.6. The van der Waals surface area contributed by atoms with Gasteiger partial charge in [0, 0.05) is 45.1 Å². The maximum Gasteiger partial charge on any atom is 0.233 e. The summed E-state index contributed by atoms with van der Waals surface area (Å²) in [6.45, 7) is 4.49. The Hall–Kier alpha value is -2.20. The fourth-order valence-corrected chi connectivity index (χ4v) is 3.67. The van der Waals surface area contributed by atoms with Crippen molar-refractivity contribution in [2.75, 3.05) is 26.2 Å². The van der Waals surface area contributed by atoms with Crippen LogP contribution in [0.2, 0.25) is 0 Å². The maximum atomic E-state index is 13.0. The van der Waals surface area contributed by atoms with Gasteiger partial charge in [-0.25, -0.2) is 0 Å². The lowest BCUT2D eigenvalue weighted by molar-refractivity contribution is -0.135. The minimum absolute atomic E-state index is 0.228. The summed E-state index contributed by atoms with van der Waals surface area (Å²) in [5, 5.41) is 0. The van der Waals surface area contributed by atoms with E-state index in [9.17, 15) is 4.79 Å². The van der Waals surface area contributed by atoms with Crippen LogP contribution >= 0.6 is 0 Å². The Morgan fingerprint density at radius 1 is 0.958 bits per heavy atom. The first-order valence-corrected chi connectivity index (χ1v) is 8.74. The second kappa shape index (κ2) is 6.36. The number of amides is 1. The van der Waals surface area contributed by atoms with E-state index in [1.807, 2.05) is 30.6 Å². The summed E-state index contributed by atoms with van der Waals surface area (Å²) < 4.78 is 0. The number of hydrogen-bond donors (Lipinski definition) is 0. The van der Waals surface area contributed by atoms with E-state index >= 15 is 0 Å². The van der Waals surface area contributed by atoms with Gasteiger partial charge < -0.3 is 4.90 Å². The minimum atomic E-state index is -0.228. The standard InChI is InChI=1S/C20H23N3O/c24-19(20(8-9-20)18-4-2-1-3-5-18)23-14-12-22(13-15-23)16-17-6-10-21-11-7-17/h1-7,10-11H,8-9,12-16H2. The zero-order valence-electron chi connectivity index (χ0n) is 13.9. The van der Waals surface area contributed by atoms with Gasteiger partial charge in [0.15, 0.2) is 0 Å². The van der Waals surface area contributed by atoms with Crippen LogP contribution < -0.4 is 0 Å². The minimum Gasteiger partial charge on any atom is -0.339 e. The number of pyridine rings is 1. The van der Waals surface area contributed by atoms with Crippen molar-refractivity contribution in [3.63, 3.8) is 0 Å². The Labute approximate surface area is 143 Å². The van der Waals surface area contributed by atoms with Crippen molar-refractivity contribution in [3.05, 3.63) is 66.0 Å². The monoisotopic (exact) mass is 321 g/mol. The first-order valence-electron chi connectivity index (χ1n) is 8.74. The molecule has 124 valence electrons. The Morgan fingerprint density at radius 3 is 2.25 bits per heavy atom. The molecule has 4 nitrogen and oxygen atoms in total. The summed E-state index contributed by atoms with van der Waals surface area (Å²) in [5.74, 6) is 0.331. The van der Waals surface area contributed by atoms with Gasteiger partial charge in [-0.15, -0.1) is 0 Å². The summed E-state index contributed by atoms with van der Waals surface area (Å²) in [7, 11) is 0. The van der Waals surface area contributed by atoms with E-state index in [1.165, 1.54) is 11.1 Å². The molecule has 1 aromatic heterocycles. The molecule has 1 aliphatic carbocycles. The summed E-state index contributed by atoms with van der Waals surface area (Å²) in [6.07, 6.45) is 5.66. The second-order valence-corrected chi connectivity index (χ2v) is 6.87. The number of carbonyl (C=O) groups is 1. The Balaban J connectivity index is 1.37. The number of piperazine rings is 1. The number of benzene rings is 1. The third-order valence-electron chi connectivity index (χ3n) is 5.30. The average molecular weight is 321 g/mol. The number of nitrogens with zero attached hydrogens (tertiary/aromatic N) is 3. The van der Waals surface area contributed by atoms with Gasteiger partial charge in [-0.3, -0.25) is 14.7 Å². The molecule has 4 heteroatoms. The molecule has 1 aliphatic heterocycles. The molecule has 2 heterocycles. The smallest absolute Gasteiger partial charge is 0.233 e. The van der Waals surface area contributed by atoms with Gasteiger partial charge in [0.05, 0.1) is 5.41 Å². The molecule has 0 N–H and O–H groups in total. The van der Waals surface area contributed by atoms with Gasteiger partial charge in [0.25, 0.3) is 0 Å². The van der Waals surface area contributed by atoms with Crippen molar-refractivity contribution in [1.29, 1.82) is 0 Å². The lowest BCUT2D eigenvalue weighted by atomic mass is 9.94. The van der Waals surface area contributed by atoms with Crippen molar-refractivity contribution in [3.8, 4) is 0 Å². The number of hydrogen-bond acceptors (Lipinski definition) is 3. The lowest BCUT2D eigenvalue weighted by Gasteiger charge is -2.36. The highest BCUT2D eigenvalue weighted by Gasteiger charge is 2.53. The first kappa shape index (κ1) is 15.3. The van der Waals surface area contributed by atoms with Gasteiger partial charge in [-0.05, 0) is 36.1 Å². The largest absolute Gasteiger partial charge is 0.339 e. The van der Waals surface area contributed by atoms with E-state index in [0.29, 0.717) is 5.91 Å². The van der Waals surface area contributed by atoms with E-state index in [2.05, 4.69) is 39.0 Å². The van der Waals surface area contributed by atoms with Crippen LogP contribution in [-0.4, -0.2) is 46.9 Å². The third-order valence-corrected chi connectivity index (χ3v) is 5.30. The zero-order valence-corrected chi connectivity index (χ0v) is 13.9.